The Morgan fingerprint density at radius 2 is 2.38 bits per heavy atom. The number of nitrogens with one attached hydrogen (secondary N) is 1. The minimum atomic E-state index is 0. The van der Waals surface area contributed by atoms with Crippen LogP contribution < -0.4 is 5.32 Å². The van der Waals surface area contributed by atoms with Crippen LogP contribution in [0, 0.1) is 11.3 Å². The zero-order valence-electron chi connectivity index (χ0n) is 8.34. The maximum atomic E-state index is 5.58. The molecule has 0 aromatic heterocycles. The van der Waals surface area contributed by atoms with Crippen molar-refractivity contribution in [2.75, 3.05) is 26.3 Å². The Morgan fingerprint density at radius 3 is 3.15 bits per heavy atom. The summed E-state index contributed by atoms with van der Waals surface area (Å²) in [5.41, 5.74) is 0.524. The third-order valence-electron chi connectivity index (χ3n) is 3.55. The van der Waals surface area contributed by atoms with E-state index < -0.39 is 0 Å². The molecule has 1 heterocycles. The molecular weight excluding hydrogens is 186 g/mol. The van der Waals surface area contributed by atoms with E-state index >= 15 is 0 Å². The van der Waals surface area contributed by atoms with Crippen molar-refractivity contribution in [2.45, 2.75) is 26.2 Å². The third kappa shape index (κ3) is 2.00. The minimum Gasteiger partial charge on any atom is -0.381 e. The minimum absolute atomic E-state index is 0. The lowest BCUT2D eigenvalue weighted by Crippen LogP contribution is -2.31. The van der Waals surface area contributed by atoms with Gasteiger partial charge in [-0.1, -0.05) is 6.42 Å². The Kier molecular flexibility index (Phi) is 4.02. The van der Waals surface area contributed by atoms with Crippen molar-refractivity contribution >= 4 is 12.4 Å². The molecule has 13 heavy (non-hydrogen) atoms. The predicted molar refractivity (Wildman–Crippen MR) is 56.4 cm³/mol. The summed E-state index contributed by atoms with van der Waals surface area (Å²) in [6, 6.07) is 0. The standard InChI is InChI=1S/C10H19NO.ClH/c1-2-12-8-10-5-3-4-9(10)6-11-7-10;/h9,11H,2-8H2,1H3;1H/t9-,10+;/m1./s1. The van der Waals surface area contributed by atoms with Crippen LogP contribution in [-0.2, 0) is 4.74 Å². The fraction of sp³-hybridized carbons (Fsp3) is 1.00. The number of halogens is 1. The maximum Gasteiger partial charge on any atom is 0.0537 e. The molecule has 0 amide bonds. The molecule has 1 N–H and O–H groups in total. The van der Waals surface area contributed by atoms with Gasteiger partial charge in [0.2, 0.25) is 0 Å². The van der Waals surface area contributed by atoms with Crippen molar-refractivity contribution in [3.8, 4) is 0 Å². The summed E-state index contributed by atoms with van der Waals surface area (Å²) in [6.45, 7) is 6.36. The highest BCUT2D eigenvalue weighted by atomic mass is 35.5. The van der Waals surface area contributed by atoms with Crippen molar-refractivity contribution in [3.05, 3.63) is 0 Å². The van der Waals surface area contributed by atoms with Crippen LogP contribution in [0.3, 0.4) is 0 Å². The van der Waals surface area contributed by atoms with Crippen molar-refractivity contribution in [3.63, 3.8) is 0 Å². The van der Waals surface area contributed by atoms with E-state index in [1.54, 1.807) is 0 Å². The van der Waals surface area contributed by atoms with Gasteiger partial charge in [0.15, 0.2) is 0 Å². The van der Waals surface area contributed by atoms with Crippen LogP contribution in [0.2, 0.25) is 0 Å². The molecule has 1 saturated carbocycles. The predicted octanol–water partition coefficient (Wildman–Crippen LogP) is 1.83. The van der Waals surface area contributed by atoms with E-state index in [1.807, 2.05) is 0 Å². The summed E-state index contributed by atoms with van der Waals surface area (Å²) in [4.78, 5) is 0. The van der Waals surface area contributed by atoms with Crippen molar-refractivity contribution in [2.24, 2.45) is 11.3 Å². The summed E-state index contributed by atoms with van der Waals surface area (Å²) in [7, 11) is 0. The lowest BCUT2D eigenvalue weighted by atomic mass is 9.82. The van der Waals surface area contributed by atoms with Gasteiger partial charge in [-0.25, -0.2) is 0 Å². The molecule has 1 saturated heterocycles. The summed E-state index contributed by atoms with van der Waals surface area (Å²) < 4.78 is 5.58. The Morgan fingerprint density at radius 1 is 1.54 bits per heavy atom. The second-order valence-corrected chi connectivity index (χ2v) is 4.22. The van der Waals surface area contributed by atoms with Crippen molar-refractivity contribution in [1.82, 2.24) is 5.32 Å². The van der Waals surface area contributed by atoms with Crippen LogP contribution in [0.1, 0.15) is 26.2 Å². The van der Waals surface area contributed by atoms with E-state index in [2.05, 4.69) is 12.2 Å². The van der Waals surface area contributed by atoms with Gasteiger partial charge >= 0.3 is 0 Å². The zero-order chi connectivity index (χ0) is 8.44. The molecule has 0 bridgehead atoms. The molecule has 1 aliphatic carbocycles. The maximum absolute atomic E-state index is 5.58. The molecule has 2 rings (SSSR count). The van der Waals surface area contributed by atoms with Crippen molar-refractivity contribution < 1.29 is 4.74 Å². The average molecular weight is 206 g/mol. The number of rotatable bonds is 3. The van der Waals surface area contributed by atoms with E-state index in [4.69, 9.17) is 4.74 Å². The van der Waals surface area contributed by atoms with Gasteiger partial charge in [-0.05, 0) is 32.2 Å². The van der Waals surface area contributed by atoms with E-state index in [9.17, 15) is 0 Å². The largest absolute Gasteiger partial charge is 0.381 e. The van der Waals surface area contributed by atoms with Gasteiger partial charge in [0.25, 0.3) is 0 Å². The quantitative estimate of drug-likeness (QED) is 0.759. The van der Waals surface area contributed by atoms with Gasteiger partial charge in [0.05, 0.1) is 6.61 Å². The highest BCUT2D eigenvalue weighted by Crippen LogP contribution is 2.45. The van der Waals surface area contributed by atoms with Gasteiger partial charge in [-0.15, -0.1) is 12.4 Å². The molecule has 0 aromatic rings. The summed E-state index contributed by atoms with van der Waals surface area (Å²) >= 11 is 0. The Bertz CT molecular complexity index is 153. The van der Waals surface area contributed by atoms with E-state index in [0.29, 0.717) is 5.41 Å². The van der Waals surface area contributed by atoms with Crippen LogP contribution in [-0.4, -0.2) is 26.3 Å². The highest BCUT2D eigenvalue weighted by molar-refractivity contribution is 5.85. The van der Waals surface area contributed by atoms with E-state index in [0.717, 1.165) is 19.1 Å². The normalized spacial score (nSPS) is 37.2. The van der Waals surface area contributed by atoms with Gasteiger partial charge in [0.1, 0.15) is 0 Å². The van der Waals surface area contributed by atoms with Crippen LogP contribution in [0.25, 0.3) is 0 Å². The summed E-state index contributed by atoms with van der Waals surface area (Å²) in [6.07, 6.45) is 4.21. The number of ether oxygens (including phenoxy) is 1. The molecular formula is C10H20ClNO. The lowest BCUT2D eigenvalue weighted by molar-refractivity contribution is 0.0480. The first kappa shape index (κ1) is 11.3. The topological polar surface area (TPSA) is 21.3 Å². The second kappa shape index (κ2) is 4.63. The third-order valence-corrected chi connectivity index (χ3v) is 3.55. The fourth-order valence-electron chi connectivity index (χ4n) is 2.80. The molecule has 1 aliphatic heterocycles. The average Bonchev–Trinajstić information content (AvgIpc) is 2.58. The number of fused-ring (bicyclic) bond motifs is 1. The van der Waals surface area contributed by atoms with E-state index in [1.165, 1.54) is 32.4 Å². The first-order chi connectivity index (χ1) is 5.87. The molecule has 0 aromatic carbocycles. The molecule has 3 heteroatoms. The van der Waals surface area contributed by atoms with Crippen molar-refractivity contribution in [1.29, 1.82) is 0 Å². The van der Waals surface area contributed by atoms with E-state index in [-0.39, 0.29) is 12.4 Å². The molecule has 2 atom stereocenters. The molecule has 2 nitrogen and oxygen atoms in total. The smallest absolute Gasteiger partial charge is 0.0537 e. The molecule has 0 unspecified atom stereocenters. The summed E-state index contributed by atoms with van der Waals surface area (Å²) in [5.74, 6) is 0.907. The lowest BCUT2D eigenvalue weighted by Gasteiger charge is -2.27. The Balaban J connectivity index is 0.000000845. The van der Waals surface area contributed by atoms with Crippen LogP contribution in [0.15, 0.2) is 0 Å². The van der Waals surface area contributed by atoms with Crippen LogP contribution in [0.4, 0.5) is 0 Å². The Hall–Kier alpha value is 0.210. The number of hydrogen-bond acceptors (Lipinski definition) is 2. The zero-order valence-corrected chi connectivity index (χ0v) is 9.16. The van der Waals surface area contributed by atoms with Gasteiger partial charge in [0, 0.05) is 18.6 Å². The molecule has 0 radical (unpaired) electrons. The second-order valence-electron chi connectivity index (χ2n) is 4.22. The van der Waals surface area contributed by atoms with Crippen LogP contribution >= 0.6 is 12.4 Å². The Labute approximate surface area is 86.8 Å². The monoisotopic (exact) mass is 205 g/mol. The fourth-order valence-corrected chi connectivity index (χ4v) is 2.80. The highest BCUT2D eigenvalue weighted by Gasteiger charge is 2.46. The number of hydrogen-bond donors (Lipinski definition) is 1. The molecule has 0 spiro atoms. The van der Waals surface area contributed by atoms with Crippen LogP contribution in [0.5, 0.6) is 0 Å². The van der Waals surface area contributed by atoms with Gasteiger partial charge in [-0.3, -0.25) is 0 Å². The van der Waals surface area contributed by atoms with Gasteiger partial charge < -0.3 is 10.1 Å². The van der Waals surface area contributed by atoms with Gasteiger partial charge in [-0.2, -0.15) is 0 Å². The molecule has 2 aliphatic rings. The molecule has 78 valence electrons. The SMILES string of the molecule is CCOC[C@@]12CCC[C@@H]1CNC2.Cl. The summed E-state index contributed by atoms with van der Waals surface area (Å²) in [5, 5.41) is 3.49. The molecule has 2 fully saturated rings. The first-order valence-electron chi connectivity index (χ1n) is 5.16. The first-order valence-corrected chi connectivity index (χ1v) is 5.16.